The number of hydrogen-bond donors (Lipinski definition) is 2. The highest BCUT2D eigenvalue weighted by molar-refractivity contribution is 7.98. The van der Waals surface area contributed by atoms with E-state index in [9.17, 15) is 18.0 Å². The quantitative estimate of drug-likeness (QED) is 0.575. The highest BCUT2D eigenvalue weighted by Crippen LogP contribution is 2.24. The highest BCUT2D eigenvalue weighted by Gasteiger charge is 2.34. The number of sulfonamides is 1. The number of pyridine rings is 1. The van der Waals surface area contributed by atoms with Gasteiger partial charge < -0.3 is 10.6 Å². The third-order valence-electron chi connectivity index (χ3n) is 5.33. The number of piperidine rings is 1. The third kappa shape index (κ3) is 6.30. The zero-order valence-corrected chi connectivity index (χ0v) is 19.6. The van der Waals surface area contributed by atoms with Crippen molar-refractivity contribution in [1.82, 2.24) is 14.6 Å². The van der Waals surface area contributed by atoms with Gasteiger partial charge >= 0.3 is 0 Å². The van der Waals surface area contributed by atoms with E-state index in [1.54, 1.807) is 66.6 Å². The Balaban J connectivity index is 1.66. The van der Waals surface area contributed by atoms with Crippen LogP contribution in [0.15, 0.2) is 59.8 Å². The van der Waals surface area contributed by atoms with Crippen molar-refractivity contribution in [2.24, 2.45) is 5.92 Å². The van der Waals surface area contributed by atoms with Gasteiger partial charge in [-0.05, 0) is 55.5 Å². The molecule has 0 radical (unpaired) electrons. The second kappa shape index (κ2) is 11.4. The van der Waals surface area contributed by atoms with Gasteiger partial charge in [-0.1, -0.05) is 18.2 Å². The Morgan fingerprint density at radius 2 is 1.91 bits per heavy atom. The second-order valence-electron chi connectivity index (χ2n) is 7.58. The zero-order chi connectivity index (χ0) is 23.0. The van der Waals surface area contributed by atoms with Crippen LogP contribution in [0.5, 0.6) is 0 Å². The summed E-state index contributed by atoms with van der Waals surface area (Å²) in [5.41, 5.74) is 0.603. The van der Waals surface area contributed by atoms with Gasteiger partial charge in [0.25, 0.3) is 0 Å². The lowest BCUT2D eigenvalue weighted by molar-refractivity contribution is -0.130. The number of carbonyl (C=O) groups excluding carboxylic acids is 2. The maximum Gasteiger partial charge on any atom is 0.246 e. The van der Waals surface area contributed by atoms with E-state index >= 15 is 0 Å². The van der Waals surface area contributed by atoms with E-state index in [2.05, 4.69) is 15.6 Å². The molecule has 2 amide bonds. The van der Waals surface area contributed by atoms with Gasteiger partial charge in [0.1, 0.15) is 6.04 Å². The maximum atomic E-state index is 13.0. The molecule has 1 aromatic carbocycles. The summed E-state index contributed by atoms with van der Waals surface area (Å²) in [5, 5.41) is 5.66. The second-order valence-corrected chi connectivity index (χ2v) is 10.5. The van der Waals surface area contributed by atoms with E-state index in [1.807, 2.05) is 6.26 Å². The third-order valence-corrected chi connectivity index (χ3v) is 7.85. The summed E-state index contributed by atoms with van der Waals surface area (Å²) in [6.07, 6.45) is 6.73. The normalized spacial score (nSPS) is 18.0. The molecule has 2 unspecified atom stereocenters. The molecule has 2 atom stereocenters. The Labute approximate surface area is 193 Å². The lowest BCUT2D eigenvalue weighted by Crippen LogP contribution is -2.50. The van der Waals surface area contributed by atoms with Gasteiger partial charge in [0.2, 0.25) is 21.8 Å². The van der Waals surface area contributed by atoms with E-state index in [1.165, 1.54) is 4.31 Å². The SMILES string of the molecule is CSCCC(NC(=O)C1CCCN(S(=O)(=O)c2ccccc2)C1)C(=O)Nc1ccncc1. The van der Waals surface area contributed by atoms with Crippen LogP contribution in [0.4, 0.5) is 5.69 Å². The summed E-state index contributed by atoms with van der Waals surface area (Å²) in [6.45, 7) is 0.476. The Morgan fingerprint density at radius 1 is 1.19 bits per heavy atom. The van der Waals surface area contributed by atoms with Crippen molar-refractivity contribution in [1.29, 1.82) is 0 Å². The van der Waals surface area contributed by atoms with Gasteiger partial charge in [0.05, 0.1) is 10.8 Å². The monoisotopic (exact) mass is 476 g/mol. The number of anilines is 1. The first kappa shape index (κ1) is 24.2. The number of carbonyl (C=O) groups is 2. The molecule has 1 fully saturated rings. The molecule has 1 saturated heterocycles. The first-order valence-electron chi connectivity index (χ1n) is 10.5. The Kier molecular flexibility index (Phi) is 8.66. The van der Waals surface area contributed by atoms with Crippen molar-refractivity contribution >= 4 is 39.3 Å². The molecular formula is C22H28N4O4S2. The minimum Gasteiger partial charge on any atom is -0.344 e. The molecule has 172 valence electrons. The molecule has 0 aliphatic carbocycles. The minimum atomic E-state index is -3.66. The first-order chi connectivity index (χ1) is 15.4. The molecule has 10 heteroatoms. The van der Waals surface area contributed by atoms with Crippen molar-refractivity contribution in [3.05, 3.63) is 54.9 Å². The predicted molar refractivity (Wildman–Crippen MR) is 126 cm³/mol. The number of nitrogens with one attached hydrogen (secondary N) is 2. The van der Waals surface area contributed by atoms with Crippen LogP contribution in [-0.4, -0.2) is 60.7 Å². The molecule has 3 rings (SSSR count). The Bertz CT molecular complexity index is 1000. The lowest BCUT2D eigenvalue weighted by Gasteiger charge is -2.32. The number of nitrogens with zero attached hydrogens (tertiary/aromatic N) is 2. The molecule has 1 aliphatic rings. The van der Waals surface area contributed by atoms with Crippen LogP contribution in [0.3, 0.4) is 0 Å². The molecule has 0 bridgehead atoms. The van der Waals surface area contributed by atoms with E-state index < -0.39 is 22.0 Å². The van der Waals surface area contributed by atoms with Crippen molar-refractivity contribution in [3.8, 4) is 0 Å². The van der Waals surface area contributed by atoms with Crippen LogP contribution in [0.1, 0.15) is 19.3 Å². The molecule has 32 heavy (non-hydrogen) atoms. The number of rotatable bonds is 9. The molecule has 1 aromatic heterocycles. The fourth-order valence-corrected chi connectivity index (χ4v) is 5.59. The number of benzene rings is 1. The van der Waals surface area contributed by atoms with Gasteiger partial charge in [-0.15, -0.1) is 0 Å². The van der Waals surface area contributed by atoms with Crippen LogP contribution in [0.2, 0.25) is 0 Å². The van der Waals surface area contributed by atoms with Gasteiger partial charge in [0.15, 0.2) is 0 Å². The average molecular weight is 477 g/mol. The Hall–Kier alpha value is -2.43. The van der Waals surface area contributed by atoms with Gasteiger partial charge in [-0.25, -0.2) is 8.42 Å². The summed E-state index contributed by atoms with van der Waals surface area (Å²) < 4.78 is 27.3. The standard InChI is InChI=1S/C22H28N4O4S2/c1-31-15-11-20(22(28)24-18-9-12-23-13-10-18)25-21(27)17-6-5-14-26(16-17)32(29,30)19-7-3-2-4-8-19/h2-4,7-10,12-13,17,20H,5-6,11,14-16H2,1H3,(H,25,27)(H,23,24,28). The summed E-state index contributed by atoms with van der Waals surface area (Å²) >= 11 is 1.59. The zero-order valence-electron chi connectivity index (χ0n) is 17.9. The molecule has 0 spiro atoms. The molecule has 0 saturated carbocycles. The Morgan fingerprint density at radius 3 is 2.59 bits per heavy atom. The van der Waals surface area contributed by atoms with Gasteiger partial charge in [-0.3, -0.25) is 14.6 Å². The molecule has 2 N–H and O–H groups in total. The number of aromatic nitrogens is 1. The molecule has 8 nitrogen and oxygen atoms in total. The van der Waals surface area contributed by atoms with E-state index in [0.717, 1.165) is 0 Å². The fourth-order valence-electron chi connectivity index (χ4n) is 3.57. The van der Waals surface area contributed by atoms with Gasteiger partial charge in [-0.2, -0.15) is 16.1 Å². The van der Waals surface area contributed by atoms with Crippen molar-refractivity contribution in [2.45, 2.75) is 30.2 Å². The average Bonchev–Trinajstić information content (AvgIpc) is 2.82. The van der Waals surface area contributed by atoms with E-state index in [4.69, 9.17) is 0 Å². The van der Waals surface area contributed by atoms with Crippen molar-refractivity contribution < 1.29 is 18.0 Å². The molecule has 2 aromatic rings. The molecule has 1 aliphatic heterocycles. The van der Waals surface area contributed by atoms with Crippen LogP contribution in [-0.2, 0) is 19.6 Å². The minimum absolute atomic E-state index is 0.101. The fraction of sp³-hybridized carbons (Fsp3) is 0.409. The van der Waals surface area contributed by atoms with E-state index in [0.29, 0.717) is 37.2 Å². The predicted octanol–water partition coefficient (Wildman–Crippen LogP) is 2.36. The largest absolute Gasteiger partial charge is 0.344 e. The lowest BCUT2D eigenvalue weighted by atomic mass is 9.98. The summed E-state index contributed by atoms with van der Waals surface area (Å²) in [7, 11) is -3.66. The molecular weight excluding hydrogens is 448 g/mol. The first-order valence-corrected chi connectivity index (χ1v) is 13.3. The summed E-state index contributed by atoms with van der Waals surface area (Å²) in [5.74, 6) is -0.404. The van der Waals surface area contributed by atoms with Crippen LogP contribution in [0, 0.1) is 5.92 Å². The molecule has 2 heterocycles. The van der Waals surface area contributed by atoms with Crippen molar-refractivity contribution in [3.63, 3.8) is 0 Å². The van der Waals surface area contributed by atoms with Crippen LogP contribution < -0.4 is 10.6 Å². The number of amides is 2. The number of thioether (sulfide) groups is 1. The van der Waals surface area contributed by atoms with Gasteiger partial charge in [0, 0.05) is 31.2 Å². The van der Waals surface area contributed by atoms with Crippen LogP contribution >= 0.6 is 11.8 Å². The maximum absolute atomic E-state index is 13.0. The summed E-state index contributed by atoms with van der Waals surface area (Å²) in [4.78, 5) is 29.9. The van der Waals surface area contributed by atoms with Crippen molar-refractivity contribution in [2.75, 3.05) is 30.4 Å². The van der Waals surface area contributed by atoms with Crippen LogP contribution in [0.25, 0.3) is 0 Å². The summed E-state index contributed by atoms with van der Waals surface area (Å²) in [6, 6.07) is 10.9. The number of hydrogen-bond acceptors (Lipinski definition) is 6. The highest BCUT2D eigenvalue weighted by atomic mass is 32.2. The smallest absolute Gasteiger partial charge is 0.246 e. The topological polar surface area (TPSA) is 108 Å². The van der Waals surface area contributed by atoms with E-state index in [-0.39, 0.29) is 23.3 Å².